The molecule has 0 aromatic carbocycles. The number of hydrazine groups is 2. The van der Waals surface area contributed by atoms with Crippen molar-refractivity contribution in [2.45, 2.75) is 0 Å². The first-order chi connectivity index (χ1) is 6.07. The average molecular weight is 188 g/mol. The van der Waals surface area contributed by atoms with Gasteiger partial charge in [-0.15, -0.1) is 15.6 Å². The van der Waals surface area contributed by atoms with Crippen LogP contribution in [0, 0.1) is 15.7 Å². The molecule has 0 aromatic rings. The van der Waals surface area contributed by atoms with Crippen LogP contribution in [0.15, 0.2) is 15.6 Å². The zero-order chi connectivity index (χ0) is 10.3. The van der Waals surface area contributed by atoms with Gasteiger partial charge in [-0.05, 0) is 5.22 Å². The van der Waals surface area contributed by atoms with E-state index in [0.717, 1.165) is 0 Å². The first kappa shape index (κ1) is 10.7. The molecule has 0 saturated heterocycles. The molecule has 0 amide bonds. The molecule has 0 rings (SSSR count). The van der Waals surface area contributed by atoms with Crippen LogP contribution in [-0.2, 0) is 0 Å². The number of nitrogens with zero attached hydrogens (tertiary/aromatic N) is 4. The third-order valence-electron chi connectivity index (χ3n) is 0.672. The van der Waals surface area contributed by atoms with Crippen molar-refractivity contribution in [3.05, 3.63) is 4.91 Å². The first-order valence-corrected chi connectivity index (χ1v) is 2.80. The van der Waals surface area contributed by atoms with E-state index in [4.69, 9.17) is 22.3 Å². The van der Waals surface area contributed by atoms with E-state index in [1.54, 1.807) is 5.53 Å². The van der Waals surface area contributed by atoms with E-state index in [-0.39, 0.29) is 0 Å². The minimum Gasteiger partial charge on any atom is -0.367 e. The molecule has 0 bridgehead atoms. The maximum atomic E-state index is 9.57. The van der Waals surface area contributed by atoms with Crippen LogP contribution in [0.3, 0.4) is 0 Å². The van der Waals surface area contributed by atoms with Crippen molar-refractivity contribution in [1.29, 1.82) is 10.8 Å². The lowest BCUT2D eigenvalue weighted by Crippen LogP contribution is -2.47. The fourth-order valence-electron chi connectivity index (χ4n) is 0.291. The van der Waals surface area contributed by atoms with E-state index in [0.29, 0.717) is 5.12 Å². The molecule has 0 aliphatic carbocycles. The van der Waals surface area contributed by atoms with Gasteiger partial charge >= 0.3 is 0 Å². The number of nitroso groups, excluding NO2 is 1. The van der Waals surface area contributed by atoms with Crippen LogP contribution in [-0.4, -0.2) is 17.0 Å². The van der Waals surface area contributed by atoms with Crippen LogP contribution in [0.1, 0.15) is 0 Å². The molecule has 0 saturated carbocycles. The average Bonchev–Trinajstić information content (AvgIpc) is 2.03. The SMILES string of the molecule is N=C(N)N=NN(NNN=O)C(=N)N. The lowest BCUT2D eigenvalue weighted by atomic mass is 11.0. The normalized spacial score (nSPS) is 9.54. The van der Waals surface area contributed by atoms with Gasteiger partial charge in [-0.1, -0.05) is 5.11 Å². The zero-order valence-electron chi connectivity index (χ0n) is 6.35. The predicted molar refractivity (Wildman–Crippen MR) is 42.6 cm³/mol. The zero-order valence-corrected chi connectivity index (χ0v) is 6.35. The molecule has 11 heteroatoms. The third kappa shape index (κ3) is 5.02. The van der Waals surface area contributed by atoms with Crippen molar-refractivity contribution in [3.63, 3.8) is 0 Å². The topological polar surface area (TPSA) is 181 Å². The van der Waals surface area contributed by atoms with Crippen molar-refractivity contribution in [2.75, 3.05) is 0 Å². The Balaban J connectivity index is 4.17. The molecule has 0 aliphatic rings. The van der Waals surface area contributed by atoms with Gasteiger partial charge in [0.2, 0.25) is 11.9 Å². The number of nitrogens with two attached hydrogens (primary N) is 2. The number of guanidine groups is 2. The smallest absolute Gasteiger partial charge is 0.234 e. The van der Waals surface area contributed by atoms with Crippen LogP contribution in [0.2, 0.25) is 0 Å². The summed E-state index contributed by atoms with van der Waals surface area (Å²) in [6, 6.07) is 0. The lowest BCUT2D eigenvalue weighted by molar-refractivity contribution is 0.249. The van der Waals surface area contributed by atoms with E-state index < -0.39 is 11.9 Å². The second kappa shape index (κ2) is 5.36. The summed E-state index contributed by atoms with van der Waals surface area (Å²) in [6.07, 6.45) is 0. The van der Waals surface area contributed by atoms with E-state index in [9.17, 15) is 4.91 Å². The van der Waals surface area contributed by atoms with Gasteiger partial charge in [0.05, 0.1) is 5.29 Å². The third-order valence-corrected chi connectivity index (χ3v) is 0.672. The maximum Gasteiger partial charge on any atom is 0.234 e. The Morgan fingerprint density at radius 1 is 1.38 bits per heavy atom. The molecular formula is C2H8N10O. The summed E-state index contributed by atoms with van der Waals surface area (Å²) >= 11 is 0. The lowest BCUT2D eigenvalue weighted by Gasteiger charge is -2.12. The Hall–Kier alpha value is -2.30. The van der Waals surface area contributed by atoms with Gasteiger partial charge in [0, 0.05) is 0 Å². The summed E-state index contributed by atoms with van der Waals surface area (Å²) in [6.45, 7) is 0. The Bertz CT molecular complexity index is 231. The van der Waals surface area contributed by atoms with Gasteiger partial charge in [-0.25, -0.2) is 0 Å². The highest BCUT2D eigenvalue weighted by atomic mass is 16.3. The monoisotopic (exact) mass is 188 g/mol. The molecular weight excluding hydrogens is 180 g/mol. The number of nitrogens with one attached hydrogen (secondary N) is 4. The summed E-state index contributed by atoms with van der Waals surface area (Å²) in [5.74, 6) is -1.15. The van der Waals surface area contributed by atoms with E-state index in [2.05, 4.69) is 15.6 Å². The number of hydrogen-bond acceptors (Lipinski definition) is 6. The Kier molecular flexibility index (Phi) is 4.41. The largest absolute Gasteiger partial charge is 0.367 e. The summed E-state index contributed by atoms with van der Waals surface area (Å²) < 4.78 is 0. The first-order valence-electron chi connectivity index (χ1n) is 2.80. The Morgan fingerprint density at radius 3 is 2.38 bits per heavy atom. The minimum absolute atomic E-state index is 0.544. The highest BCUT2D eigenvalue weighted by Crippen LogP contribution is 1.81. The molecule has 0 radical (unpaired) electrons. The second-order valence-corrected chi connectivity index (χ2v) is 1.59. The molecule has 0 fully saturated rings. The van der Waals surface area contributed by atoms with Gasteiger partial charge in [-0.2, -0.15) is 5.53 Å². The van der Waals surface area contributed by atoms with Crippen LogP contribution >= 0.6 is 0 Å². The van der Waals surface area contributed by atoms with E-state index in [1.807, 2.05) is 5.53 Å². The van der Waals surface area contributed by atoms with Crippen molar-refractivity contribution in [3.8, 4) is 0 Å². The molecule has 0 atom stereocenters. The van der Waals surface area contributed by atoms with Crippen LogP contribution < -0.4 is 22.5 Å². The Labute approximate surface area is 72.0 Å². The van der Waals surface area contributed by atoms with Crippen molar-refractivity contribution in [1.82, 2.24) is 16.2 Å². The van der Waals surface area contributed by atoms with Gasteiger partial charge in [0.15, 0.2) is 0 Å². The maximum absolute atomic E-state index is 9.57. The van der Waals surface area contributed by atoms with Gasteiger partial charge in [0.1, 0.15) is 0 Å². The molecule has 0 aliphatic heterocycles. The second-order valence-electron chi connectivity index (χ2n) is 1.59. The van der Waals surface area contributed by atoms with Crippen molar-refractivity contribution in [2.24, 2.45) is 27.1 Å². The van der Waals surface area contributed by atoms with E-state index in [1.165, 1.54) is 0 Å². The standard InChI is InChI=1S/C2H8N10O/c3-1(4)7-9-12(2(5)6)10-8-11-13/h(H3,3,4)(H3,5,6)(H,8,13)(H,10,11). The molecule has 13 heavy (non-hydrogen) atoms. The molecule has 11 nitrogen and oxygen atoms in total. The summed E-state index contributed by atoms with van der Waals surface area (Å²) in [4.78, 5) is 9.57. The van der Waals surface area contributed by atoms with Crippen molar-refractivity contribution < 1.29 is 0 Å². The fourth-order valence-corrected chi connectivity index (χ4v) is 0.291. The van der Waals surface area contributed by atoms with Crippen LogP contribution in [0.5, 0.6) is 0 Å². The number of hydrogen-bond donors (Lipinski definition) is 6. The van der Waals surface area contributed by atoms with Crippen LogP contribution in [0.25, 0.3) is 0 Å². The van der Waals surface area contributed by atoms with Crippen LogP contribution in [0.4, 0.5) is 0 Å². The predicted octanol–water partition coefficient (Wildman–Crippen LogP) is -1.87. The molecule has 0 spiro atoms. The fraction of sp³-hybridized carbons (Fsp3) is 0. The molecule has 0 aromatic heterocycles. The van der Waals surface area contributed by atoms with Gasteiger partial charge < -0.3 is 11.5 Å². The van der Waals surface area contributed by atoms with Gasteiger partial charge in [-0.3, -0.25) is 10.8 Å². The highest BCUT2D eigenvalue weighted by molar-refractivity contribution is 5.75. The Morgan fingerprint density at radius 2 is 2.00 bits per heavy atom. The van der Waals surface area contributed by atoms with Crippen molar-refractivity contribution >= 4 is 11.9 Å². The van der Waals surface area contributed by atoms with E-state index >= 15 is 0 Å². The molecule has 0 heterocycles. The molecule has 0 unspecified atom stereocenters. The minimum atomic E-state index is -0.577. The molecule has 72 valence electrons. The number of rotatable bonds is 4. The summed E-state index contributed by atoms with van der Waals surface area (Å²) in [7, 11) is 0. The summed E-state index contributed by atoms with van der Waals surface area (Å²) in [5.41, 5.74) is 13.5. The van der Waals surface area contributed by atoms with Gasteiger partial charge in [0.25, 0.3) is 0 Å². The quantitative estimate of drug-likeness (QED) is 0.0987. The molecule has 8 N–H and O–H groups in total. The highest BCUT2D eigenvalue weighted by Gasteiger charge is 2.02. The summed E-state index contributed by atoms with van der Waals surface area (Å²) in [5, 5.41) is 22.4.